The Bertz CT molecular complexity index is 888. The van der Waals surface area contributed by atoms with Crippen LogP contribution in [-0.4, -0.2) is 98.9 Å². The maximum atomic E-state index is 15.1. The van der Waals surface area contributed by atoms with E-state index < -0.39 is 24.2 Å². The largest absolute Gasteiger partial charge is 0.438 e. The Hall–Kier alpha value is -1.81. The van der Waals surface area contributed by atoms with Gasteiger partial charge in [-0.15, -0.1) is 0 Å². The third kappa shape index (κ3) is 5.19. The van der Waals surface area contributed by atoms with Crippen molar-refractivity contribution >= 4 is 6.09 Å². The molecule has 1 amide bonds. The second-order valence-corrected chi connectivity index (χ2v) is 11.5. The van der Waals surface area contributed by atoms with E-state index in [1.54, 1.807) is 4.90 Å². The molecule has 2 saturated heterocycles. The zero-order chi connectivity index (χ0) is 24.8. The second-order valence-electron chi connectivity index (χ2n) is 11.5. The van der Waals surface area contributed by atoms with Crippen LogP contribution >= 0.6 is 0 Å². The van der Waals surface area contributed by atoms with Crippen molar-refractivity contribution in [2.75, 3.05) is 39.3 Å². The monoisotopic (exact) mass is 494 g/mol. The number of hydrogen-bond donors (Lipinski definition) is 0. The highest BCUT2D eigenvalue weighted by Gasteiger charge is 2.52. The first-order chi connectivity index (χ1) is 16.7. The number of piperazine rings is 1. The number of aromatic nitrogens is 3. The molecule has 1 unspecified atom stereocenters. The van der Waals surface area contributed by atoms with E-state index in [0.29, 0.717) is 50.9 Å². The topological polar surface area (TPSA) is 66.7 Å². The molecule has 2 aliphatic heterocycles. The zero-order valence-electron chi connectivity index (χ0n) is 21.3. The van der Waals surface area contributed by atoms with Crippen molar-refractivity contribution in [2.45, 2.75) is 101 Å². The molecule has 0 N–H and O–H groups in total. The Labute approximate surface area is 207 Å². The van der Waals surface area contributed by atoms with Crippen molar-refractivity contribution < 1.29 is 18.3 Å². The number of alkyl halides is 2. The van der Waals surface area contributed by atoms with Crippen molar-refractivity contribution in [3.8, 4) is 0 Å². The maximum absolute atomic E-state index is 15.1. The van der Waals surface area contributed by atoms with E-state index in [2.05, 4.69) is 35.6 Å². The number of rotatable bonds is 5. The lowest BCUT2D eigenvalue weighted by Crippen LogP contribution is -2.61. The minimum Gasteiger partial charge on any atom is -0.438 e. The molecule has 35 heavy (non-hydrogen) atoms. The Morgan fingerprint density at radius 3 is 2.37 bits per heavy atom. The average Bonchev–Trinajstić information content (AvgIpc) is 3.56. The van der Waals surface area contributed by atoms with Crippen molar-refractivity contribution in [2.24, 2.45) is 0 Å². The molecule has 10 heteroatoms. The lowest BCUT2D eigenvalue weighted by atomic mass is 9.80. The maximum Gasteiger partial charge on any atom is 0.410 e. The molecule has 4 fully saturated rings. The SMILES string of the molecule is CC(C)N1CCN(C2CCCC(F)(F)[C@@H]2OC(=O)N2CCC(C)(c3ncn(C4CC4)n3)CC2)CC1. The minimum absolute atomic E-state index is 0.218. The van der Waals surface area contributed by atoms with Gasteiger partial charge in [-0.25, -0.2) is 23.2 Å². The number of likely N-dealkylation sites (tertiary alicyclic amines) is 1. The molecule has 3 heterocycles. The molecule has 0 aromatic carbocycles. The van der Waals surface area contributed by atoms with Crippen LogP contribution in [0.25, 0.3) is 0 Å². The van der Waals surface area contributed by atoms with E-state index in [4.69, 9.17) is 9.84 Å². The molecular weight excluding hydrogens is 454 g/mol. The summed E-state index contributed by atoms with van der Waals surface area (Å²) >= 11 is 0. The normalized spacial score (nSPS) is 29.9. The summed E-state index contributed by atoms with van der Waals surface area (Å²) in [4.78, 5) is 23.7. The molecule has 5 rings (SSSR count). The Morgan fingerprint density at radius 2 is 1.74 bits per heavy atom. The summed E-state index contributed by atoms with van der Waals surface area (Å²) in [6, 6.07) is 0.497. The number of nitrogens with zero attached hydrogens (tertiary/aromatic N) is 6. The number of hydrogen-bond acceptors (Lipinski definition) is 6. The first-order valence-corrected chi connectivity index (χ1v) is 13.4. The van der Waals surface area contributed by atoms with Crippen molar-refractivity contribution in [3.63, 3.8) is 0 Å². The van der Waals surface area contributed by atoms with Crippen LogP contribution < -0.4 is 0 Å². The van der Waals surface area contributed by atoms with Crippen LogP contribution in [0.1, 0.15) is 77.6 Å². The molecule has 0 spiro atoms. The number of ether oxygens (including phenoxy) is 1. The van der Waals surface area contributed by atoms with Gasteiger partial charge in [0.05, 0.1) is 12.1 Å². The van der Waals surface area contributed by atoms with Crippen LogP contribution in [0.15, 0.2) is 6.33 Å². The highest BCUT2D eigenvalue weighted by atomic mass is 19.3. The van der Waals surface area contributed by atoms with Crippen molar-refractivity contribution in [1.29, 1.82) is 0 Å². The van der Waals surface area contributed by atoms with Gasteiger partial charge in [0, 0.05) is 57.1 Å². The molecule has 2 saturated carbocycles. The summed E-state index contributed by atoms with van der Waals surface area (Å²) in [7, 11) is 0. The fourth-order valence-corrected chi connectivity index (χ4v) is 5.90. The zero-order valence-corrected chi connectivity index (χ0v) is 21.3. The highest BCUT2D eigenvalue weighted by Crippen LogP contribution is 2.40. The summed E-state index contributed by atoms with van der Waals surface area (Å²) in [6.45, 7) is 10.5. The Balaban J connectivity index is 1.20. The van der Waals surface area contributed by atoms with E-state index in [-0.39, 0.29) is 11.8 Å². The standard InChI is InChI=1S/C25H40F2N6O2/c1-18(2)30-13-15-31(16-14-30)20-5-4-8-25(26,27)21(20)35-23(34)32-11-9-24(3,10-12-32)22-28-17-33(29-22)19-6-7-19/h17-21H,4-16H2,1-3H3/t20?,21-/m1/s1. The van der Waals surface area contributed by atoms with Gasteiger partial charge in [-0.3, -0.25) is 9.80 Å². The van der Waals surface area contributed by atoms with Crippen LogP contribution in [0.5, 0.6) is 0 Å². The number of carbonyl (C=O) groups is 1. The molecule has 4 aliphatic rings. The average molecular weight is 495 g/mol. The number of amides is 1. The van der Waals surface area contributed by atoms with Gasteiger partial charge in [-0.05, 0) is 52.4 Å². The van der Waals surface area contributed by atoms with Gasteiger partial charge >= 0.3 is 6.09 Å². The van der Waals surface area contributed by atoms with Crippen LogP contribution in [0.4, 0.5) is 13.6 Å². The van der Waals surface area contributed by atoms with Crippen LogP contribution in [0.2, 0.25) is 0 Å². The van der Waals surface area contributed by atoms with Gasteiger partial charge in [-0.1, -0.05) is 6.92 Å². The summed E-state index contributed by atoms with van der Waals surface area (Å²) in [5.74, 6) is -2.19. The van der Waals surface area contributed by atoms with E-state index >= 15 is 8.78 Å². The first-order valence-electron chi connectivity index (χ1n) is 13.4. The van der Waals surface area contributed by atoms with E-state index in [1.165, 1.54) is 0 Å². The summed E-state index contributed by atoms with van der Waals surface area (Å²) in [5, 5.41) is 4.69. The van der Waals surface area contributed by atoms with Gasteiger partial charge in [0.15, 0.2) is 11.9 Å². The van der Waals surface area contributed by atoms with Crippen LogP contribution in [0.3, 0.4) is 0 Å². The highest BCUT2D eigenvalue weighted by molar-refractivity contribution is 5.68. The van der Waals surface area contributed by atoms with E-state index in [0.717, 1.165) is 44.8 Å². The van der Waals surface area contributed by atoms with Crippen molar-refractivity contribution in [1.82, 2.24) is 29.5 Å². The molecule has 0 radical (unpaired) electrons. The second kappa shape index (κ2) is 9.57. The molecule has 1 aromatic rings. The number of halogens is 2. The van der Waals surface area contributed by atoms with Gasteiger partial charge in [-0.2, -0.15) is 5.10 Å². The number of carbonyl (C=O) groups excluding carboxylic acids is 1. The molecule has 8 nitrogen and oxygen atoms in total. The Kier molecular flexibility index (Phi) is 6.80. The van der Waals surface area contributed by atoms with Gasteiger partial charge < -0.3 is 9.64 Å². The molecule has 0 bridgehead atoms. The molecule has 2 aliphatic carbocycles. The molecule has 2 atom stereocenters. The van der Waals surface area contributed by atoms with Crippen LogP contribution in [-0.2, 0) is 10.2 Å². The fraction of sp³-hybridized carbons (Fsp3) is 0.880. The molecule has 196 valence electrons. The predicted molar refractivity (Wildman–Crippen MR) is 128 cm³/mol. The van der Waals surface area contributed by atoms with E-state index in [1.807, 2.05) is 11.0 Å². The fourth-order valence-electron chi connectivity index (χ4n) is 5.90. The summed E-state index contributed by atoms with van der Waals surface area (Å²) < 4.78 is 37.7. The molecular formula is C25H40F2N6O2. The van der Waals surface area contributed by atoms with Crippen LogP contribution in [0, 0.1) is 0 Å². The van der Waals surface area contributed by atoms with E-state index in [9.17, 15) is 4.79 Å². The summed E-state index contributed by atoms with van der Waals surface area (Å²) in [5.41, 5.74) is -0.218. The Morgan fingerprint density at radius 1 is 1.06 bits per heavy atom. The smallest absolute Gasteiger partial charge is 0.410 e. The first kappa shape index (κ1) is 24.9. The lowest BCUT2D eigenvalue weighted by molar-refractivity contribution is -0.170. The lowest BCUT2D eigenvalue weighted by Gasteiger charge is -2.47. The van der Waals surface area contributed by atoms with Gasteiger partial charge in [0.2, 0.25) is 0 Å². The minimum atomic E-state index is -3.00. The van der Waals surface area contributed by atoms with Crippen molar-refractivity contribution in [3.05, 3.63) is 12.2 Å². The predicted octanol–water partition coefficient (Wildman–Crippen LogP) is 3.69. The summed E-state index contributed by atoms with van der Waals surface area (Å²) in [6.07, 6.45) is 4.38. The third-order valence-electron chi connectivity index (χ3n) is 8.65. The quantitative estimate of drug-likeness (QED) is 0.622. The molecule has 1 aromatic heterocycles. The van der Waals surface area contributed by atoms with Gasteiger partial charge in [0.1, 0.15) is 6.33 Å². The third-order valence-corrected chi connectivity index (χ3v) is 8.65. The van der Waals surface area contributed by atoms with Gasteiger partial charge in [0.25, 0.3) is 5.92 Å². The number of piperidine rings is 1.